The number of aromatic hydroxyl groups is 1. The topological polar surface area (TPSA) is 54.4 Å². The van der Waals surface area contributed by atoms with Crippen molar-refractivity contribution in [2.24, 2.45) is 5.92 Å². The Bertz CT molecular complexity index is 351. The number of hydrogen-bond donors (Lipinski definition) is 1. The number of rotatable bonds is 4. The van der Waals surface area contributed by atoms with Crippen molar-refractivity contribution in [2.45, 2.75) is 20.3 Å². The second-order valence-corrected chi connectivity index (χ2v) is 3.64. The van der Waals surface area contributed by atoms with E-state index in [0.717, 1.165) is 5.56 Å². The van der Waals surface area contributed by atoms with Crippen LogP contribution in [0.4, 0.5) is 0 Å². The van der Waals surface area contributed by atoms with Gasteiger partial charge in [-0.05, 0) is 38.0 Å². The maximum Gasteiger partial charge on any atom is 0.140 e. The summed E-state index contributed by atoms with van der Waals surface area (Å²) in [5.74, 6) is -0.610. The van der Waals surface area contributed by atoms with Crippen molar-refractivity contribution in [3.05, 3.63) is 29.8 Å². The van der Waals surface area contributed by atoms with Crippen LogP contribution in [0.25, 0.3) is 0 Å². The van der Waals surface area contributed by atoms with E-state index in [-0.39, 0.29) is 17.3 Å². The molecule has 0 spiro atoms. The smallest absolute Gasteiger partial charge is 0.140 e. The van der Waals surface area contributed by atoms with E-state index in [2.05, 4.69) is 0 Å². The summed E-state index contributed by atoms with van der Waals surface area (Å²) < 4.78 is 0. The monoisotopic (exact) mass is 206 g/mol. The molecule has 0 unspecified atom stereocenters. The molecule has 1 N–H and O–H groups in total. The molecule has 0 aliphatic carbocycles. The van der Waals surface area contributed by atoms with Crippen LogP contribution in [0.5, 0.6) is 5.75 Å². The predicted octanol–water partition coefficient (Wildman–Crippen LogP) is 1.73. The van der Waals surface area contributed by atoms with Crippen LogP contribution >= 0.6 is 0 Å². The van der Waals surface area contributed by atoms with Gasteiger partial charge in [0.1, 0.15) is 17.3 Å². The molecule has 0 saturated heterocycles. The molecule has 0 saturated carbocycles. The van der Waals surface area contributed by atoms with Gasteiger partial charge >= 0.3 is 0 Å². The molecule has 0 aromatic heterocycles. The van der Waals surface area contributed by atoms with Gasteiger partial charge in [-0.25, -0.2) is 0 Å². The molecule has 0 aliphatic heterocycles. The van der Waals surface area contributed by atoms with Crippen molar-refractivity contribution in [1.29, 1.82) is 0 Å². The SMILES string of the molecule is CC(=O)C(Cc1ccc(O)cc1)C(C)=O. The Morgan fingerprint density at radius 3 is 2.00 bits per heavy atom. The minimum Gasteiger partial charge on any atom is -0.508 e. The Balaban J connectivity index is 2.79. The molecule has 3 nitrogen and oxygen atoms in total. The minimum absolute atomic E-state index is 0.115. The van der Waals surface area contributed by atoms with E-state index in [1.54, 1.807) is 24.3 Å². The first-order valence-corrected chi connectivity index (χ1v) is 4.79. The molecule has 1 aromatic carbocycles. The zero-order valence-corrected chi connectivity index (χ0v) is 8.86. The lowest BCUT2D eigenvalue weighted by atomic mass is 9.93. The molecule has 0 fully saturated rings. The summed E-state index contributed by atoms with van der Waals surface area (Å²) >= 11 is 0. The molecule has 15 heavy (non-hydrogen) atoms. The Kier molecular flexibility index (Phi) is 3.61. The number of ketones is 2. The van der Waals surface area contributed by atoms with Crippen LogP contribution in [0.15, 0.2) is 24.3 Å². The van der Waals surface area contributed by atoms with Crippen molar-refractivity contribution in [2.75, 3.05) is 0 Å². The highest BCUT2D eigenvalue weighted by Crippen LogP contribution is 2.14. The highest BCUT2D eigenvalue weighted by molar-refractivity contribution is 6.00. The van der Waals surface area contributed by atoms with E-state index in [4.69, 9.17) is 5.11 Å². The van der Waals surface area contributed by atoms with Gasteiger partial charge in [-0.2, -0.15) is 0 Å². The van der Waals surface area contributed by atoms with Gasteiger partial charge in [0.05, 0.1) is 5.92 Å². The Morgan fingerprint density at radius 2 is 1.60 bits per heavy atom. The van der Waals surface area contributed by atoms with E-state index >= 15 is 0 Å². The molecule has 80 valence electrons. The van der Waals surface area contributed by atoms with E-state index in [0.29, 0.717) is 6.42 Å². The van der Waals surface area contributed by atoms with E-state index in [1.165, 1.54) is 13.8 Å². The third-order valence-electron chi connectivity index (χ3n) is 2.36. The van der Waals surface area contributed by atoms with E-state index in [9.17, 15) is 9.59 Å². The summed E-state index contributed by atoms with van der Waals surface area (Å²) in [5.41, 5.74) is 0.878. The van der Waals surface area contributed by atoms with Crippen molar-refractivity contribution in [1.82, 2.24) is 0 Å². The normalized spacial score (nSPS) is 10.3. The van der Waals surface area contributed by atoms with Crippen LogP contribution in [0.2, 0.25) is 0 Å². The van der Waals surface area contributed by atoms with E-state index in [1.807, 2.05) is 0 Å². The molecular formula is C12H14O3. The number of hydrogen-bond acceptors (Lipinski definition) is 3. The molecule has 3 heteroatoms. The fourth-order valence-electron chi connectivity index (χ4n) is 1.44. The number of phenols is 1. The Morgan fingerprint density at radius 1 is 1.13 bits per heavy atom. The lowest BCUT2D eigenvalue weighted by Crippen LogP contribution is -2.21. The quantitative estimate of drug-likeness (QED) is 0.763. The first-order valence-electron chi connectivity index (χ1n) is 4.79. The highest BCUT2D eigenvalue weighted by Gasteiger charge is 2.19. The van der Waals surface area contributed by atoms with Crippen molar-refractivity contribution in [3.8, 4) is 5.75 Å². The van der Waals surface area contributed by atoms with Crippen LogP contribution in [-0.4, -0.2) is 16.7 Å². The Hall–Kier alpha value is -1.64. The molecule has 0 radical (unpaired) electrons. The molecule has 0 bridgehead atoms. The summed E-state index contributed by atoms with van der Waals surface area (Å²) in [7, 11) is 0. The number of benzene rings is 1. The lowest BCUT2D eigenvalue weighted by Gasteiger charge is -2.09. The number of carbonyl (C=O) groups excluding carboxylic acids is 2. The maximum absolute atomic E-state index is 11.2. The zero-order valence-electron chi connectivity index (χ0n) is 8.86. The summed E-state index contributed by atoms with van der Waals surface area (Å²) in [4.78, 5) is 22.4. The van der Waals surface area contributed by atoms with Gasteiger partial charge < -0.3 is 5.11 Å². The number of carbonyl (C=O) groups is 2. The molecule has 0 atom stereocenters. The van der Waals surface area contributed by atoms with Crippen LogP contribution < -0.4 is 0 Å². The van der Waals surface area contributed by atoms with Gasteiger partial charge in [-0.1, -0.05) is 12.1 Å². The van der Waals surface area contributed by atoms with E-state index < -0.39 is 5.92 Å². The van der Waals surface area contributed by atoms with Crippen molar-refractivity contribution in [3.63, 3.8) is 0 Å². The van der Waals surface area contributed by atoms with Crippen LogP contribution in [0.3, 0.4) is 0 Å². The molecule has 0 amide bonds. The largest absolute Gasteiger partial charge is 0.508 e. The summed E-state index contributed by atoms with van der Waals surface area (Å²) in [6.45, 7) is 2.85. The fraction of sp³-hybridized carbons (Fsp3) is 0.333. The fourth-order valence-corrected chi connectivity index (χ4v) is 1.44. The van der Waals surface area contributed by atoms with Gasteiger partial charge in [-0.3, -0.25) is 9.59 Å². The lowest BCUT2D eigenvalue weighted by molar-refractivity contribution is -0.130. The Labute approximate surface area is 88.7 Å². The predicted molar refractivity (Wildman–Crippen MR) is 56.7 cm³/mol. The second kappa shape index (κ2) is 4.73. The number of phenolic OH excluding ortho intramolecular Hbond substituents is 1. The summed E-state index contributed by atoms with van der Waals surface area (Å²) in [6, 6.07) is 6.53. The second-order valence-electron chi connectivity index (χ2n) is 3.64. The zero-order chi connectivity index (χ0) is 11.4. The van der Waals surface area contributed by atoms with Crippen LogP contribution in [-0.2, 0) is 16.0 Å². The third kappa shape index (κ3) is 3.20. The van der Waals surface area contributed by atoms with Gasteiger partial charge in [0.15, 0.2) is 0 Å². The third-order valence-corrected chi connectivity index (χ3v) is 2.36. The van der Waals surface area contributed by atoms with Crippen molar-refractivity contribution >= 4 is 11.6 Å². The molecule has 1 aromatic rings. The van der Waals surface area contributed by atoms with Crippen LogP contribution in [0, 0.1) is 5.92 Å². The minimum atomic E-state index is -0.561. The first-order chi connectivity index (χ1) is 7.00. The van der Waals surface area contributed by atoms with Gasteiger partial charge in [0.2, 0.25) is 0 Å². The van der Waals surface area contributed by atoms with Gasteiger partial charge in [0, 0.05) is 0 Å². The average molecular weight is 206 g/mol. The van der Waals surface area contributed by atoms with Crippen LogP contribution in [0.1, 0.15) is 19.4 Å². The highest BCUT2D eigenvalue weighted by atomic mass is 16.3. The van der Waals surface area contributed by atoms with Gasteiger partial charge in [-0.15, -0.1) is 0 Å². The van der Waals surface area contributed by atoms with Gasteiger partial charge in [0.25, 0.3) is 0 Å². The number of Topliss-reactive ketones (excluding diaryl/α,β-unsaturated/α-hetero) is 2. The molecule has 0 heterocycles. The molecular weight excluding hydrogens is 192 g/mol. The standard InChI is InChI=1S/C12H14O3/c1-8(13)12(9(2)14)7-10-3-5-11(15)6-4-10/h3-6,12,15H,7H2,1-2H3. The van der Waals surface area contributed by atoms with Crippen molar-refractivity contribution < 1.29 is 14.7 Å². The summed E-state index contributed by atoms with van der Waals surface area (Å²) in [6.07, 6.45) is 0.408. The average Bonchev–Trinajstić information content (AvgIpc) is 2.15. The summed E-state index contributed by atoms with van der Waals surface area (Å²) in [5, 5.41) is 9.08. The maximum atomic E-state index is 11.2. The molecule has 0 aliphatic rings. The first kappa shape index (κ1) is 11.4. The molecule has 1 rings (SSSR count).